The third-order valence-electron chi connectivity index (χ3n) is 4.94. The smallest absolute Gasteiger partial charge is 0.172 e. The van der Waals surface area contributed by atoms with Crippen molar-refractivity contribution in [3.63, 3.8) is 0 Å². The first kappa shape index (κ1) is 17.0. The van der Waals surface area contributed by atoms with Crippen LogP contribution in [0.15, 0.2) is 97.1 Å². The summed E-state index contributed by atoms with van der Waals surface area (Å²) in [7, 11) is 0. The highest BCUT2D eigenvalue weighted by Gasteiger charge is 2.49. The molecule has 1 aliphatic carbocycles. The molecule has 0 saturated heterocycles. The molecule has 0 amide bonds. The van der Waals surface area contributed by atoms with E-state index in [0.29, 0.717) is 0 Å². The van der Waals surface area contributed by atoms with E-state index in [-0.39, 0.29) is 11.8 Å². The quantitative estimate of drug-likeness (QED) is 0.553. The van der Waals surface area contributed by atoms with Crippen molar-refractivity contribution in [1.82, 2.24) is 0 Å². The molecule has 2 nitrogen and oxygen atoms in total. The third kappa shape index (κ3) is 2.76. The number of carbonyl (C=O) groups is 1. The predicted molar refractivity (Wildman–Crippen MR) is 114 cm³/mol. The normalized spacial score (nSPS) is 18.0. The Morgan fingerprint density at radius 2 is 1.31 bits per heavy atom. The standard InChI is InChI=1S/C23H18INO/c24-19-13-7-8-14-20(19)25-21-15-16-22(26)23(21,17-9-3-1-4-10-17)18-11-5-2-6-12-18/h1-16,21,25H/t21-/m1/s1. The van der Waals surface area contributed by atoms with E-state index in [4.69, 9.17) is 0 Å². The highest BCUT2D eigenvalue weighted by molar-refractivity contribution is 14.1. The molecule has 1 N–H and O–H groups in total. The van der Waals surface area contributed by atoms with Crippen LogP contribution in [-0.2, 0) is 10.2 Å². The minimum atomic E-state index is -0.762. The maximum absolute atomic E-state index is 13.3. The number of halogens is 1. The first-order valence-corrected chi connectivity index (χ1v) is 9.65. The van der Waals surface area contributed by atoms with Gasteiger partial charge in [-0.15, -0.1) is 0 Å². The van der Waals surface area contributed by atoms with Gasteiger partial charge in [0.15, 0.2) is 5.78 Å². The summed E-state index contributed by atoms with van der Waals surface area (Å²) in [6.45, 7) is 0. The van der Waals surface area contributed by atoms with Gasteiger partial charge in [0.2, 0.25) is 0 Å². The van der Waals surface area contributed by atoms with E-state index in [1.165, 1.54) is 0 Å². The molecule has 0 saturated carbocycles. The molecule has 0 aliphatic heterocycles. The van der Waals surface area contributed by atoms with Gasteiger partial charge in [0, 0.05) is 9.26 Å². The Morgan fingerprint density at radius 1 is 0.769 bits per heavy atom. The van der Waals surface area contributed by atoms with Crippen molar-refractivity contribution in [2.24, 2.45) is 0 Å². The molecule has 3 heteroatoms. The number of ketones is 1. The first-order valence-electron chi connectivity index (χ1n) is 8.57. The molecule has 0 heterocycles. The van der Waals surface area contributed by atoms with Crippen LogP contribution in [-0.4, -0.2) is 11.8 Å². The van der Waals surface area contributed by atoms with Gasteiger partial charge in [-0.3, -0.25) is 4.79 Å². The lowest BCUT2D eigenvalue weighted by molar-refractivity contribution is -0.117. The molecular formula is C23H18INO. The van der Waals surface area contributed by atoms with Gasteiger partial charge in [-0.05, 0) is 51.9 Å². The van der Waals surface area contributed by atoms with Gasteiger partial charge in [-0.25, -0.2) is 0 Å². The van der Waals surface area contributed by atoms with Gasteiger partial charge in [0.1, 0.15) is 5.41 Å². The number of benzene rings is 3. The maximum Gasteiger partial charge on any atom is 0.172 e. The topological polar surface area (TPSA) is 29.1 Å². The Morgan fingerprint density at radius 3 is 1.88 bits per heavy atom. The zero-order chi connectivity index (χ0) is 18.0. The molecule has 0 aromatic heterocycles. The molecule has 4 rings (SSSR count). The zero-order valence-corrected chi connectivity index (χ0v) is 16.3. The fourth-order valence-electron chi connectivity index (χ4n) is 3.73. The van der Waals surface area contributed by atoms with Crippen LogP contribution in [0.5, 0.6) is 0 Å². The Hall–Kier alpha value is -2.40. The summed E-state index contributed by atoms with van der Waals surface area (Å²) >= 11 is 2.32. The fraction of sp³-hybridized carbons (Fsp3) is 0.0870. The molecule has 0 radical (unpaired) electrons. The molecule has 3 aromatic rings. The third-order valence-corrected chi connectivity index (χ3v) is 5.88. The Kier molecular flexibility index (Phi) is 4.64. The van der Waals surface area contributed by atoms with Gasteiger partial charge in [0.05, 0.1) is 6.04 Å². The number of hydrogen-bond acceptors (Lipinski definition) is 2. The summed E-state index contributed by atoms with van der Waals surface area (Å²) in [5, 5.41) is 3.61. The molecule has 128 valence electrons. The van der Waals surface area contributed by atoms with Crippen molar-refractivity contribution in [3.05, 3.63) is 112 Å². The van der Waals surface area contributed by atoms with Gasteiger partial charge in [0.25, 0.3) is 0 Å². The van der Waals surface area contributed by atoms with Crippen LogP contribution < -0.4 is 5.32 Å². The second kappa shape index (κ2) is 7.08. The van der Waals surface area contributed by atoms with Crippen LogP contribution in [0, 0.1) is 3.57 Å². The minimum absolute atomic E-state index is 0.110. The Labute approximate surface area is 167 Å². The van der Waals surface area contributed by atoms with Crippen molar-refractivity contribution < 1.29 is 4.79 Å². The molecule has 3 aromatic carbocycles. The van der Waals surface area contributed by atoms with Gasteiger partial charge < -0.3 is 5.32 Å². The van der Waals surface area contributed by atoms with Gasteiger partial charge >= 0.3 is 0 Å². The van der Waals surface area contributed by atoms with E-state index in [0.717, 1.165) is 20.4 Å². The summed E-state index contributed by atoms with van der Waals surface area (Å²) in [4.78, 5) is 13.3. The average Bonchev–Trinajstić information content (AvgIpc) is 3.02. The van der Waals surface area contributed by atoms with Crippen molar-refractivity contribution in [1.29, 1.82) is 0 Å². The van der Waals surface area contributed by atoms with Crippen LogP contribution in [0.2, 0.25) is 0 Å². The summed E-state index contributed by atoms with van der Waals surface area (Å²) in [6.07, 6.45) is 3.71. The van der Waals surface area contributed by atoms with E-state index in [1.54, 1.807) is 6.08 Å². The largest absolute Gasteiger partial charge is 0.376 e. The highest BCUT2D eigenvalue weighted by atomic mass is 127. The number of rotatable bonds is 4. The van der Waals surface area contributed by atoms with Crippen molar-refractivity contribution in [2.45, 2.75) is 11.5 Å². The number of nitrogens with one attached hydrogen (secondary N) is 1. The lowest BCUT2D eigenvalue weighted by Crippen LogP contribution is -2.46. The summed E-state index contributed by atoms with van der Waals surface area (Å²) in [5.74, 6) is 0.110. The molecule has 0 bridgehead atoms. The van der Waals surface area contributed by atoms with E-state index in [9.17, 15) is 4.79 Å². The number of para-hydroxylation sites is 1. The fourth-order valence-corrected chi connectivity index (χ4v) is 4.27. The van der Waals surface area contributed by atoms with E-state index in [2.05, 4.69) is 40.0 Å². The second-order valence-electron chi connectivity index (χ2n) is 6.37. The summed E-state index contributed by atoms with van der Waals surface area (Å²) in [5.41, 5.74) is 2.28. The van der Waals surface area contributed by atoms with Crippen molar-refractivity contribution >= 4 is 34.1 Å². The van der Waals surface area contributed by atoms with Gasteiger partial charge in [-0.1, -0.05) is 78.9 Å². The summed E-state index contributed by atoms with van der Waals surface area (Å²) < 4.78 is 1.13. The lowest BCUT2D eigenvalue weighted by Gasteiger charge is -2.36. The second-order valence-corrected chi connectivity index (χ2v) is 7.53. The lowest BCUT2D eigenvalue weighted by atomic mass is 9.69. The van der Waals surface area contributed by atoms with Crippen molar-refractivity contribution in [2.75, 3.05) is 5.32 Å². The number of carbonyl (C=O) groups excluding carboxylic acids is 1. The molecule has 1 atom stereocenters. The van der Waals surface area contributed by atoms with E-state index >= 15 is 0 Å². The molecule has 0 unspecified atom stereocenters. The highest BCUT2D eigenvalue weighted by Crippen LogP contribution is 2.42. The Bertz CT molecular complexity index is 911. The molecule has 26 heavy (non-hydrogen) atoms. The average molecular weight is 451 g/mol. The molecular weight excluding hydrogens is 433 g/mol. The molecule has 0 fully saturated rings. The zero-order valence-electron chi connectivity index (χ0n) is 14.1. The number of allylic oxidation sites excluding steroid dienone is 1. The number of anilines is 1. The SMILES string of the molecule is O=C1C=C[C@@H](Nc2ccccc2I)C1(c1ccccc1)c1ccccc1. The van der Waals surface area contributed by atoms with Crippen LogP contribution >= 0.6 is 22.6 Å². The maximum atomic E-state index is 13.3. The molecule has 0 spiro atoms. The van der Waals surface area contributed by atoms with E-state index < -0.39 is 5.41 Å². The first-order chi connectivity index (χ1) is 12.7. The minimum Gasteiger partial charge on any atom is -0.376 e. The van der Waals surface area contributed by atoms with Crippen LogP contribution in [0.3, 0.4) is 0 Å². The monoisotopic (exact) mass is 451 g/mol. The summed E-state index contributed by atoms with van der Waals surface area (Å²) in [6, 6.07) is 28.1. The van der Waals surface area contributed by atoms with Crippen molar-refractivity contribution in [3.8, 4) is 0 Å². The van der Waals surface area contributed by atoms with Crippen LogP contribution in [0.25, 0.3) is 0 Å². The Balaban J connectivity index is 1.88. The van der Waals surface area contributed by atoms with Crippen LogP contribution in [0.1, 0.15) is 11.1 Å². The predicted octanol–water partition coefficient (Wildman–Crippen LogP) is 5.20. The number of hydrogen-bond donors (Lipinski definition) is 1. The molecule has 1 aliphatic rings. The van der Waals surface area contributed by atoms with E-state index in [1.807, 2.05) is 78.9 Å². The van der Waals surface area contributed by atoms with Crippen LogP contribution in [0.4, 0.5) is 5.69 Å². The van der Waals surface area contributed by atoms with Gasteiger partial charge in [-0.2, -0.15) is 0 Å².